The van der Waals surface area contributed by atoms with Crippen LogP contribution in [-0.4, -0.2) is 12.0 Å². The van der Waals surface area contributed by atoms with Gasteiger partial charge in [-0.15, -0.1) is 0 Å². The van der Waals surface area contributed by atoms with Crippen LogP contribution in [0.3, 0.4) is 0 Å². The van der Waals surface area contributed by atoms with Crippen LogP contribution in [-0.2, 0) is 0 Å². The van der Waals surface area contributed by atoms with Gasteiger partial charge in [-0.25, -0.2) is 8.78 Å². The minimum atomic E-state index is -2.37. The Balaban J connectivity index is 1.98. The lowest BCUT2D eigenvalue weighted by atomic mass is 9.68. The van der Waals surface area contributed by atoms with Crippen LogP contribution in [0.5, 0.6) is 0 Å². The fourth-order valence-electron chi connectivity index (χ4n) is 2.93. The Morgan fingerprint density at radius 1 is 1.08 bits per heavy atom. The van der Waals surface area contributed by atoms with Crippen molar-refractivity contribution in [3.05, 3.63) is 0 Å². The maximum absolute atomic E-state index is 13.1. The Bertz CT molecular complexity index is 193. The second-order valence-electron chi connectivity index (χ2n) is 4.80. The molecule has 0 saturated heterocycles. The quantitative estimate of drug-likeness (QED) is 0.603. The topological polar surface area (TPSA) is 27.6 Å². The van der Waals surface area contributed by atoms with E-state index in [9.17, 15) is 8.78 Å². The van der Waals surface area contributed by atoms with E-state index in [-0.39, 0.29) is 12.8 Å². The number of hydrogen-bond donors (Lipinski definition) is 1. The molecule has 2 aliphatic carbocycles. The van der Waals surface area contributed by atoms with Gasteiger partial charge < -0.3 is 5.73 Å². The third-order valence-electron chi connectivity index (χ3n) is 3.69. The van der Waals surface area contributed by atoms with Crippen molar-refractivity contribution in [2.45, 2.75) is 50.5 Å². The van der Waals surface area contributed by atoms with Crippen LogP contribution >= 0.6 is 0 Å². The molecule has 0 spiro atoms. The maximum atomic E-state index is 13.1. The molecule has 3 atom stereocenters. The summed E-state index contributed by atoms with van der Waals surface area (Å²) < 4.78 is 26.1. The zero-order valence-corrected chi connectivity index (χ0v) is 7.94. The Morgan fingerprint density at radius 3 is 2.62 bits per heavy atom. The summed E-state index contributed by atoms with van der Waals surface area (Å²) in [5.41, 5.74) is 4.04. The lowest BCUT2D eigenvalue weighted by molar-refractivity contribution is -0.430. The first-order valence-electron chi connectivity index (χ1n) is 5.28. The van der Waals surface area contributed by atoms with E-state index in [1.807, 2.05) is 0 Å². The van der Waals surface area contributed by atoms with Crippen molar-refractivity contribution >= 4 is 0 Å². The first-order valence-corrected chi connectivity index (χ1v) is 5.28. The fraction of sp³-hybridized carbons (Fsp3) is 1.00. The zero-order valence-electron chi connectivity index (χ0n) is 7.94. The average molecular weight is 190 g/mol. The molecule has 1 nitrogen and oxygen atoms in total. The van der Waals surface area contributed by atoms with Gasteiger partial charge in [-0.05, 0) is 31.1 Å². The van der Waals surface area contributed by atoms with Gasteiger partial charge in [0.1, 0.15) is 0 Å². The fourth-order valence-corrected chi connectivity index (χ4v) is 2.93. The third kappa shape index (κ3) is 2.01. The summed E-state index contributed by atoms with van der Waals surface area (Å²) in [4.78, 5) is 0. The van der Waals surface area contributed by atoms with Crippen LogP contribution in [0.1, 0.15) is 38.5 Å². The summed E-state index contributed by atoms with van der Waals surface area (Å²) in [6.45, 7) is 0. The molecule has 76 valence electrons. The number of alkyl halides is 2. The molecular weight excluding hydrogens is 172 g/mol. The Morgan fingerprint density at radius 2 is 1.85 bits per heavy atom. The Kier molecular flexibility index (Phi) is 2.30. The van der Waals surface area contributed by atoms with E-state index < -0.39 is 5.92 Å². The summed E-state index contributed by atoms with van der Waals surface area (Å²) in [6, 6.07) is 0.521. The SMILES string of the molecule is [NH3+][C@H]1CC[C@@H]2CC(F)(F)CC[C@H]2C1. The summed E-state index contributed by atoms with van der Waals surface area (Å²) in [6.07, 6.45) is 4.10. The van der Waals surface area contributed by atoms with Crippen molar-refractivity contribution in [2.24, 2.45) is 11.8 Å². The maximum Gasteiger partial charge on any atom is 0.248 e. The third-order valence-corrected chi connectivity index (χ3v) is 3.69. The average Bonchev–Trinajstić information content (AvgIpc) is 2.05. The predicted molar refractivity (Wildman–Crippen MR) is 46.3 cm³/mol. The molecule has 2 saturated carbocycles. The number of fused-ring (bicyclic) bond motifs is 1. The van der Waals surface area contributed by atoms with E-state index >= 15 is 0 Å². The minimum absolute atomic E-state index is 0.112. The first-order chi connectivity index (χ1) is 6.07. The highest BCUT2D eigenvalue weighted by Crippen LogP contribution is 2.45. The predicted octanol–water partition coefficient (Wildman–Crippen LogP) is 1.83. The van der Waals surface area contributed by atoms with Crippen molar-refractivity contribution in [1.29, 1.82) is 0 Å². The molecule has 2 rings (SSSR count). The highest BCUT2D eigenvalue weighted by molar-refractivity contribution is 4.88. The zero-order chi connectivity index (χ0) is 9.47. The van der Waals surface area contributed by atoms with Crippen molar-refractivity contribution in [1.82, 2.24) is 0 Å². The van der Waals surface area contributed by atoms with Gasteiger partial charge in [-0.3, -0.25) is 0 Å². The highest BCUT2D eigenvalue weighted by Gasteiger charge is 2.43. The number of quaternary nitrogens is 1. The lowest BCUT2D eigenvalue weighted by Gasteiger charge is -2.40. The van der Waals surface area contributed by atoms with Crippen molar-refractivity contribution in [2.75, 3.05) is 0 Å². The van der Waals surface area contributed by atoms with Crippen molar-refractivity contribution < 1.29 is 14.5 Å². The Labute approximate surface area is 77.7 Å². The van der Waals surface area contributed by atoms with Gasteiger partial charge in [0.25, 0.3) is 0 Å². The van der Waals surface area contributed by atoms with E-state index in [2.05, 4.69) is 5.73 Å². The van der Waals surface area contributed by atoms with Crippen LogP contribution in [0.2, 0.25) is 0 Å². The molecule has 3 N–H and O–H groups in total. The molecule has 2 aliphatic rings. The minimum Gasteiger partial charge on any atom is -0.355 e. The van der Waals surface area contributed by atoms with E-state index in [1.165, 1.54) is 0 Å². The van der Waals surface area contributed by atoms with E-state index in [4.69, 9.17) is 0 Å². The molecule has 0 aromatic rings. The molecule has 0 amide bonds. The summed E-state index contributed by atoms with van der Waals surface area (Å²) in [7, 11) is 0. The van der Waals surface area contributed by atoms with Crippen LogP contribution in [0.4, 0.5) is 8.78 Å². The smallest absolute Gasteiger partial charge is 0.248 e. The molecule has 0 aliphatic heterocycles. The van der Waals surface area contributed by atoms with Crippen LogP contribution in [0.25, 0.3) is 0 Å². The van der Waals surface area contributed by atoms with Crippen molar-refractivity contribution in [3.8, 4) is 0 Å². The second kappa shape index (κ2) is 3.19. The first kappa shape index (κ1) is 9.38. The monoisotopic (exact) mass is 190 g/mol. The molecule has 0 aromatic carbocycles. The second-order valence-corrected chi connectivity index (χ2v) is 4.80. The highest BCUT2D eigenvalue weighted by atomic mass is 19.3. The van der Waals surface area contributed by atoms with E-state index in [1.54, 1.807) is 0 Å². The molecule has 0 radical (unpaired) electrons. The molecule has 0 unspecified atom stereocenters. The van der Waals surface area contributed by atoms with Crippen LogP contribution in [0, 0.1) is 11.8 Å². The number of rotatable bonds is 0. The summed E-state index contributed by atoms with van der Waals surface area (Å²) in [5, 5.41) is 0. The van der Waals surface area contributed by atoms with Gasteiger partial charge in [-0.2, -0.15) is 0 Å². The normalized spacial score (nSPS) is 44.1. The summed E-state index contributed by atoms with van der Waals surface area (Å²) >= 11 is 0. The van der Waals surface area contributed by atoms with E-state index in [0.717, 1.165) is 25.7 Å². The van der Waals surface area contributed by atoms with Gasteiger partial charge in [0, 0.05) is 19.3 Å². The van der Waals surface area contributed by atoms with Gasteiger partial charge in [0.15, 0.2) is 0 Å². The van der Waals surface area contributed by atoms with Gasteiger partial charge >= 0.3 is 0 Å². The molecule has 2 fully saturated rings. The number of hydrogen-bond acceptors (Lipinski definition) is 0. The van der Waals surface area contributed by atoms with Crippen LogP contribution < -0.4 is 5.73 Å². The Hall–Kier alpha value is -0.180. The molecule has 0 bridgehead atoms. The lowest BCUT2D eigenvalue weighted by Crippen LogP contribution is -2.63. The van der Waals surface area contributed by atoms with Gasteiger partial charge in [0.2, 0.25) is 5.92 Å². The largest absolute Gasteiger partial charge is 0.355 e. The molecule has 13 heavy (non-hydrogen) atoms. The molecule has 0 heterocycles. The molecular formula is C10H18F2N+. The molecule has 3 heteroatoms. The van der Waals surface area contributed by atoms with Gasteiger partial charge in [0.05, 0.1) is 6.04 Å². The number of halogens is 2. The van der Waals surface area contributed by atoms with Gasteiger partial charge in [-0.1, -0.05) is 0 Å². The molecule has 0 aromatic heterocycles. The van der Waals surface area contributed by atoms with Crippen molar-refractivity contribution in [3.63, 3.8) is 0 Å². The van der Waals surface area contributed by atoms with Crippen LogP contribution in [0.15, 0.2) is 0 Å². The summed E-state index contributed by atoms with van der Waals surface area (Å²) in [5.74, 6) is -1.52. The van der Waals surface area contributed by atoms with E-state index in [0.29, 0.717) is 17.9 Å². The standard InChI is InChI=1S/C10H17F2N/c11-10(12)4-3-7-5-9(13)2-1-8(7)6-10/h7-9H,1-6,13H2/p+1/t7-,8+,9-/m0/s1.